The molecule has 1 aromatic carbocycles. The predicted octanol–water partition coefficient (Wildman–Crippen LogP) is 3.45. The topological polar surface area (TPSA) is 30.5 Å². The van der Waals surface area contributed by atoms with Gasteiger partial charge < -0.3 is 14.8 Å². The number of hydrogen-bond donors (Lipinski definition) is 1. The molecule has 1 atom stereocenters. The van der Waals surface area contributed by atoms with Crippen molar-refractivity contribution >= 4 is 0 Å². The summed E-state index contributed by atoms with van der Waals surface area (Å²) in [5.74, 6) is -0.215. The molecule has 0 spiro atoms. The van der Waals surface area contributed by atoms with Gasteiger partial charge in [-0.05, 0) is 51.3 Å². The Kier molecular flexibility index (Phi) is 5.73. The summed E-state index contributed by atoms with van der Waals surface area (Å²) in [5, 5.41) is 3.47. The largest absolute Gasteiger partial charge is 0.381 e. The lowest BCUT2D eigenvalue weighted by Gasteiger charge is -2.30. The molecule has 1 heterocycles. The van der Waals surface area contributed by atoms with Gasteiger partial charge in [0.1, 0.15) is 5.82 Å². The maximum absolute atomic E-state index is 13.1. The van der Waals surface area contributed by atoms with Gasteiger partial charge in [-0.2, -0.15) is 0 Å². The van der Waals surface area contributed by atoms with Crippen LogP contribution in [-0.2, 0) is 9.47 Å². The van der Waals surface area contributed by atoms with Crippen molar-refractivity contribution in [1.29, 1.82) is 0 Å². The number of ether oxygens (including phenoxy) is 2. The maximum atomic E-state index is 13.1. The molecule has 4 heteroatoms. The van der Waals surface area contributed by atoms with Crippen LogP contribution in [0.15, 0.2) is 24.3 Å². The first-order chi connectivity index (χ1) is 9.94. The van der Waals surface area contributed by atoms with Crippen molar-refractivity contribution in [1.82, 2.24) is 5.32 Å². The minimum Gasteiger partial charge on any atom is -0.381 e. The zero-order valence-corrected chi connectivity index (χ0v) is 13.2. The second kappa shape index (κ2) is 7.34. The van der Waals surface area contributed by atoms with Gasteiger partial charge in [0.15, 0.2) is 0 Å². The molecular formula is C17H26FNO2. The van der Waals surface area contributed by atoms with Crippen LogP contribution in [0.25, 0.3) is 0 Å². The van der Waals surface area contributed by atoms with Crippen molar-refractivity contribution < 1.29 is 13.9 Å². The molecule has 118 valence electrons. The third-order valence-corrected chi connectivity index (χ3v) is 3.58. The number of nitrogens with one attached hydrogen (secondary N) is 1. The Bertz CT molecular complexity index is 421. The molecule has 2 rings (SSSR count). The molecule has 21 heavy (non-hydrogen) atoms. The molecular weight excluding hydrogens is 269 g/mol. The van der Waals surface area contributed by atoms with Crippen molar-refractivity contribution in [3.63, 3.8) is 0 Å². The van der Waals surface area contributed by atoms with Gasteiger partial charge in [-0.1, -0.05) is 12.1 Å². The molecule has 0 aromatic heterocycles. The van der Waals surface area contributed by atoms with E-state index in [-0.39, 0.29) is 23.6 Å². The van der Waals surface area contributed by atoms with Crippen molar-refractivity contribution in [2.45, 2.75) is 51.4 Å². The Morgan fingerprint density at radius 2 is 1.86 bits per heavy atom. The van der Waals surface area contributed by atoms with Gasteiger partial charge in [-0.3, -0.25) is 0 Å². The number of rotatable bonds is 5. The first-order valence-electron chi connectivity index (χ1n) is 7.68. The molecule has 0 aliphatic carbocycles. The van der Waals surface area contributed by atoms with E-state index in [1.807, 2.05) is 12.1 Å². The van der Waals surface area contributed by atoms with Gasteiger partial charge in [0.2, 0.25) is 0 Å². The standard InChI is InChI=1S/C17H26FNO2/c1-17(2,3)19-12-16(13-4-6-14(18)7-5-13)21-15-8-10-20-11-9-15/h4-7,15-16,19H,8-12H2,1-3H3. The third-order valence-electron chi connectivity index (χ3n) is 3.58. The lowest BCUT2D eigenvalue weighted by atomic mass is 10.0. The smallest absolute Gasteiger partial charge is 0.123 e. The molecule has 1 aromatic rings. The van der Waals surface area contributed by atoms with E-state index in [1.54, 1.807) is 0 Å². The van der Waals surface area contributed by atoms with Crippen molar-refractivity contribution in [3.8, 4) is 0 Å². The molecule has 0 saturated carbocycles. The van der Waals surface area contributed by atoms with Gasteiger partial charge >= 0.3 is 0 Å². The van der Waals surface area contributed by atoms with Crippen LogP contribution in [0.2, 0.25) is 0 Å². The molecule has 3 nitrogen and oxygen atoms in total. The SMILES string of the molecule is CC(C)(C)NCC(OC1CCOCC1)c1ccc(F)cc1. The highest BCUT2D eigenvalue weighted by Gasteiger charge is 2.22. The van der Waals surface area contributed by atoms with Crippen LogP contribution in [0.4, 0.5) is 4.39 Å². The average molecular weight is 295 g/mol. The second-order valence-corrected chi connectivity index (χ2v) is 6.62. The van der Waals surface area contributed by atoms with Crippen LogP contribution in [0.1, 0.15) is 45.3 Å². The van der Waals surface area contributed by atoms with E-state index in [1.165, 1.54) is 12.1 Å². The summed E-state index contributed by atoms with van der Waals surface area (Å²) in [6.45, 7) is 8.61. The Balaban J connectivity index is 2.03. The molecule has 1 saturated heterocycles. The molecule has 1 fully saturated rings. The van der Waals surface area contributed by atoms with Crippen LogP contribution in [0.5, 0.6) is 0 Å². The van der Waals surface area contributed by atoms with E-state index in [0.717, 1.165) is 31.6 Å². The fourth-order valence-electron chi connectivity index (χ4n) is 2.37. The first-order valence-corrected chi connectivity index (χ1v) is 7.68. The Morgan fingerprint density at radius 1 is 1.24 bits per heavy atom. The number of halogens is 1. The van der Waals surface area contributed by atoms with Gasteiger partial charge in [0.25, 0.3) is 0 Å². The summed E-state index contributed by atoms with van der Waals surface area (Å²) in [6, 6.07) is 6.60. The minimum atomic E-state index is -0.215. The van der Waals surface area contributed by atoms with Gasteiger partial charge in [0, 0.05) is 25.3 Å². The van der Waals surface area contributed by atoms with Crippen LogP contribution < -0.4 is 5.32 Å². The lowest BCUT2D eigenvalue weighted by Crippen LogP contribution is -2.40. The van der Waals surface area contributed by atoms with Crippen molar-refractivity contribution in [3.05, 3.63) is 35.6 Å². The molecule has 0 amide bonds. The predicted molar refractivity (Wildman–Crippen MR) is 81.8 cm³/mol. The van der Waals surface area contributed by atoms with E-state index in [4.69, 9.17) is 9.47 Å². The van der Waals surface area contributed by atoms with Crippen LogP contribution in [0.3, 0.4) is 0 Å². The zero-order chi connectivity index (χ0) is 15.3. The summed E-state index contributed by atoms with van der Waals surface area (Å²) >= 11 is 0. The summed E-state index contributed by atoms with van der Waals surface area (Å²) in [6.07, 6.45) is 2.00. The molecule has 0 bridgehead atoms. The third kappa shape index (κ3) is 5.73. The van der Waals surface area contributed by atoms with E-state index in [0.29, 0.717) is 6.54 Å². The molecule has 1 unspecified atom stereocenters. The lowest BCUT2D eigenvalue weighted by molar-refractivity contribution is -0.0702. The summed E-state index contributed by atoms with van der Waals surface area (Å²) in [5.41, 5.74) is 1.04. The molecule has 1 aliphatic heterocycles. The highest BCUT2D eigenvalue weighted by molar-refractivity contribution is 5.19. The van der Waals surface area contributed by atoms with Crippen LogP contribution >= 0.6 is 0 Å². The summed E-state index contributed by atoms with van der Waals surface area (Å²) in [7, 11) is 0. The van der Waals surface area contributed by atoms with Gasteiger partial charge in [-0.15, -0.1) is 0 Å². The van der Waals surface area contributed by atoms with Crippen molar-refractivity contribution in [2.75, 3.05) is 19.8 Å². The number of hydrogen-bond acceptors (Lipinski definition) is 3. The summed E-state index contributed by atoms with van der Waals surface area (Å²) < 4.78 is 24.7. The molecule has 1 N–H and O–H groups in total. The summed E-state index contributed by atoms with van der Waals surface area (Å²) in [4.78, 5) is 0. The van der Waals surface area contributed by atoms with Gasteiger partial charge in [-0.25, -0.2) is 4.39 Å². The minimum absolute atomic E-state index is 0.0251. The quantitative estimate of drug-likeness (QED) is 0.902. The normalized spacial score (nSPS) is 18.7. The van der Waals surface area contributed by atoms with Gasteiger partial charge in [0.05, 0.1) is 12.2 Å². The van der Waals surface area contributed by atoms with E-state index in [9.17, 15) is 4.39 Å². The molecule has 0 radical (unpaired) electrons. The van der Waals surface area contributed by atoms with Crippen LogP contribution in [-0.4, -0.2) is 31.4 Å². The van der Waals surface area contributed by atoms with E-state index >= 15 is 0 Å². The fraction of sp³-hybridized carbons (Fsp3) is 0.647. The highest BCUT2D eigenvalue weighted by Crippen LogP contribution is 2.23. The Labute approximate surface area is 126 Å². The highest BCUT2D eigenvalue weighted by atomic mass is 19.1. The van der Waals surface area contributed by atoms with E-state index < -0.39 is 0 Å². The van der Waals surface area contributed by atoms with Crippen LogP contribution in [0, 0.1) is 5.82 Å². The second-order valence-electron chi connectivity index (χ2n) is 6.62. The average Bonchev–Trinajstić information content (AvgIpc) is 2.45. The first kappa shape index (κ1) is 16.4. The van der Waals surface area contributed by atoms with Crippen molar-refractivity contribution in [2.24, 2.45) is 0 Å². The monoisotopic (exact) mass is 295 g/mol. The Morgan fingerprint density at radius 3 is 2.43 bits per heavy atom. The maximum Gasteiger partial charge on any atom is 0.123 e. The van der Waals surface area contributed by atoms with E-state index in [2.05, 4.69) is 26.1 Å². The molecule has 1 aliphatic rings. The Hall–Kier alpha value is -0.970. The zero-order valence-electron chi connectivity index (χ0n) is 13.2. The fourth-order valence-corrected chi connectivity index (χ4v) is 2.37. The number of benzene rings is 1.